The first-order valence-electron chi connectivity index (χ1n) is 4.74. The monoisotopic (exact) mass is 259 g/mol. The summed E-state index contributed by atoms with van der Waals surface area (Å²) in [6.07, 6.45) is 0. The predicted molar refractivity (Wildman–Crippen MR) is 61.6 cm³/mol. The largest absolute Gasteiger partial charge is 0.309 e. The molecule has 0 bridgehead atoms. The summed E-state index contributed by atoms with van der Waals surface area (Å²) < 4.78 is 23.5. The van der Waals surface area contributed by atoms with Gasteiger partial charge in [-0.1, -0.05) is 12.1 Å². The number of anilines is 1. The lowest BCUT2D eigenvalue weighted by atomic mass is 10.3. The molecule has 1 amide bonds. The first-order valence-corrected chi connectivity index (χ1v) is 6.93. The lowest BCUT2D eigenvalue weighted by Gasteiger charge is -2.28. The van der Waals surface area contributed by atoms with E-state index in [4.69, 9.17) is 11.6 Å². The number of para-hydroxylation sites is 1. The number of hydrogen-bond acceptors (Lipinski definition) is 3. The van der Waals surface area contributed by atoms with Crippen molar-refractivity contribution in [3.8, 4) is 0 Å². The van der Waals surface area contributed by atoms with Crippen molar-refractivity contribution in [1.82, 2.24) is 0 Å². The third-order valence-corrected chi connectivity index (χ3v) is 4.45. The minimum Gasteiger partial charge on any atom is -0.309 e. The molecule has 0 atom stereocenters. The van der Waals surface area contributed by atoms with Crippen molar-refractivity contribution in [2.24, 2.45) is 0 Å². The molecule has 0 saturated heterocycles. The maximum Gasteiger partial charge on any atom is 0.241 e. The molecule has 0 saturated carbocycles. The molecular weight excluding hydrogens is 250 g/mol. The lowest BCUT2D eigenvalue weighted by Crippen LogP contribution is -2.40. The van der Waals surface area contributed by atoms with Gasteiger partial charge in [0.2, 0.25) is 5.91 Å². The number of rotatable bonds is 1. The van der Waals surface area contributed by atoms with E-state index in [1.807, 2.05) is 0 Å². The van der Waals surface area contributed by atoms with Gasteiger partial charge in [-0.3, -0.25) is 4.79 Å². The molecule has 1 aliphatic rings. The molecular formula is C10H10ClNO3S. The smallest absolute Gasteiger partial charge is 0.241 e. The minimum absolute atomic E-state index is 0.0490. The molecule has 0 unspecified atom stereocenters. The zero-order chi connectivity index (χ0) is 11.8. The zero-order valence-corrected chi connectivity index (χ0v) is 9.96. The normalized spacial score (nSPS) is 17.9. The molecule has 0 spiro atoms. The lowest BCUT2D eigenvalue weighted by molar-refractivity contribution is -0.116. The molecule has 0 aromatic heterocycles. The van der Waals surface area contributed by atoms with Gasteiger partial charge in [-0.05, 0) is 12.1 Å². The van der Waals surface area contributed by atoms with Crippen molar-refractivity contribution in [3.05, 3.63) is 24.3 Å². The molecule has 86 valence electrons. The van der Waals surface area contributed by atoms with Crippen molar-refractivity contribution < 1.29 is 13.2 Å². The molecule has 0 radical (unpaired) electrons. The van der Waals surface area contributed by atoms with E-state index in [1.54, 1.807) is 18.2 Å². The number of sulfone groups is 1. The van der Waals surface area contributed by atoms with E-state index in [0.717, 1.165) is 0 Å². The molecule has 1 aromatic rings. The molecule has 1 aromatic carbocycles. The van der Waals surface area contributed by atoms with E-state index in [0.29, 0.717) is 5.69 Å². The quantitative estimate of drug-likeness (QED) is 0.709. The number of nitrogens with zero attached hydrogens (tertiary/aromatic N) is 1. The van der Waals surface area contributed by atoms with Crippen LogP contribution in [0, 0.1) is 0 Å². The van der Waals surface area contributed by atoms with Crippen LogP contribution in [0.2, 0.25) is 0 Å². The molecule has 6 heteroatoms. The summed E-state index contributed by atoms with van der Waals surface area (Å²) in [6, 6.07) is 6.48. The van der Waals surface area contributed by atoms with E-state index in [9.17, 15) is 13.2 Å². The fourth-order valence-electron chi connectivity index (χ4n) is 1.72. The van der Waals surface area contributed by atoms with Gasteiger partial charge in [0.1, 0.15) is 5.88 Å². The summed E-state index contributed by atoms with van der Waals surface area (Å²) in [7, 11) is -3.25. The van der Waals surface area contributed by atoms with Crippen molar-refractivity contribution in [1.29, 1.82) is 0 Å². The van der Waals surface area contributed by atoms with Crippen LogP contribution in [-0.2, 0) is 14.6 Å². The standard InChI is InChI=1S/C10H10ClNO3S/c11-7-10(13)12-5-6-16(14,15)9-4-2-1-3-8(9)12/h1-4H,5-7H2. The molecule has 1 heterocycles. The van der Waals surface area contributed by atoms with Crippen LogP contribution in [0.3, 0.4) is 0 Å². The summed E-state index contributed by atoms with van der Waals surface area (Å²) in [5.41, 5.74) is 0.430. The van der Waals surface area contributed by atoms with Crippen LogP contribution in [0.4, 0.5) is 5.69 Å². The maximum absolute atomic E-state index is 11.8. The van der Waals surface area contributed by atoms with Gasteiger partial charge in [-0.2, -0.15) is 0 Å². The molecule has 0 N–H and O–H groups in total. The van der Waals surface area contributed by atoms with Gasteiger partial charge in [0, 0.05) is 6.54 Å². The average molecular weight is 260 g/mol. The molecule has 16 heavy (non-hydrogen) atoms. The van der Waals surface area contributed by atoms with Crippen LogP contribution in [0.5, 0.6) is 0 Å². The first-order chi connectivity index (χ1) is 7.56. The zero-order valence-electron chi connectivity index (χ0n) is 8.39. The number of fused-ring (bicyclic) bond motifs is 1. The second kappa shape index (κ2) is 4.07. The summed E-state index contributed by atoms with van der Waals surface area (Å²) in [5, 5.41) is 0. The Hall–Kier alpha value is -1.07. The van der Waals surface area contributed by atoms with Crippen molar-refractivity contribution >= 4 is 33.0 Å². The molecule has 0 aliphatic carbocycles. The Morgan fingerprint density at radius 3 is 2.75 bits per heavy atom. The maximum atomic E-state index is 11.8. The predicted octanol–water partition coefficient (Wildman–Crippen LogP) is 1.05. The highest BCUT2D eigenvalue weighted by Gasteiger charge is 2.30. The van der Waals surface area contributed by atoms with Gasteiger partial charge in [0.05, 0.1) is 16.3 Å². The summed E-state index contributed by atoms with van der Waals surface area (Å²) in [4.78, 5) is 13.2. The third kappa shape index (κ3) is 1.81. The number of carbonyl (C=O) groups excluding carboxylic acids is 1. The Balaban J connectivity index is 2.56. The van der Waals surface area contributed by atoms with Gasteiger partial charge in [-0.15, -0.1) is 11.6 Å². The Morgan fingerprint density at radius 1 is 1.38 bits per heavy atom. The highest BCUT2D eigenvalue weighted by Crippen LogP contribution is 2.30. The van der Waals surface area contributed by atoms with Gasteiger partial charge < -0.3 is 4.90 Å². The highest BCUT2D eigenvalue weighted by molar-refractivity contribution is 7.91. The SMILES string of the molecule is O=C(CCl)N1CCS(=O)(=O)c2ccccc21. The number of amides is 1. The van der Waals surface area contributed by atoms with Crippen LogP contribution >= 0.6 is 11.6 Å². The van der Waals surface area contributed by atoms with Crippen LogP contribution in [-0.4, -0.2) is 32.5 Å². The van der Waals surface area contributed by atoms with Gasteiger partial charge >= 0.3 is 0 Å². The molecule has 1 aliphatic heterocycles. The highest BCUT2D eigenvalue weighted by atomic mass is 35.5. The number of hydrogen-bond donors (Lipinski definition) is 0. The summed E-state index contributed by atoms with van der Waals surface area (Å²) >= 11 is 5.48. The Labute approximate surface area is 98.7 Å². The number of alkyl halides is 1. The Kier molecular flexibility index (Phi) is 2.90. The summed E-state index contributed by atoms with van der Waals surface area (Å²) in [6.45, 7) is 0.172. The van der Waals surface area contributed by atoms with E-state index >= 15 is 0 Å². The van der Waals surface area contributed by atoms with E-state index in [-0.39, 0.29) is 29.0 Å². The fraction of sp³-hybridized carbons (Fsp3) is 0.300. The molecule has 2 rings (SSSR count). The number of carbonyl (C=O) groups is 1. The van der Waals surface area contributed by atoms with Crippen LogP contribution < -0.4 is 4.90 Å². The number of benzene rings is 1. The van der Waals surface area contributed by atoms with Crippen molar-refractivity contribution in [2.75, 3.05) is 23.1 Å². The Morgan fingerprint density at radius 2 is 2.06 bits per heavy atom. The van der Waals surface area contributed by atoms with E-state index in [2.05, 4.69) is 0 Å². The average Bonchev–Trinajstić information content (AvgIpc) is 2.28. The van der Waals surface area contributed by atoms with E-state index in [1.165, 1.54) is 11.0 Å². The van der Waals surface area contributed by atoms with Gasteiger partial charge in [0.15, 0.2) is 9.84 Å². The van der Waals surface area contributed by atoms with Crippen LogP contribution in [0.1, 0.15) is 0 Å². The second-order valence-electron chi connectivity index (χ2n) is 3.47. The summed E-state index contributed by atoms with van der Waals surface area (Å²) in [5.74, 6) is -0.467. The van der Waals surface area contributed by atoms with Gasteiger partial charge in [-0.25, -0.2) is 8.42 Å². The minimum atomic E-state index is -3.25. The Bertz CT molecular complexity index is 527. The number of halogens is 1. The second-order valence-corrected chi connectivity index (χ2v) is 5.81. The van der Waals surface area contributed by atoms with Crippen LogP contribution in [0.25, 0.3) is 0 Å². The van der Waals surface area contributed by atoms with E-state index < -0.39 is 9.84 Å². The third-order valence-electron chi connectivity index (χ3n) is 2.49. The first kappa shape index (κ1) is 11.4. The molecule has 0 fully saturated rings. The van der Waals surface area contributed by atoms with Crippen molar-refractivity contribution in [3.63, 3.8) is 0 Å². The van der Waals surface area contributed by atoms with Crippen molar-refractivity contribution in [2.45, 2.75) is 4.90 Å². The fourth-order valence-corrected chi connectivity index (χ4v) is 3.29. The topological polar surface area (TPSA) is 54.5 Å². The van der Waals surface area contributed by atoms with Gasteiger partial charge in [0.25, 0.3) is 0 Å². The van der Waals surface area contributed by atoms with Crippen LogP contribution in [0.15, 0.2) is 29.2 Å². The molecule has 4 nitrogen and oxygen atoms in total.